The van der Waals surface area contributed by atoms with Crippen LogP contribution in [0.25, 0.3) is 0 Å². The first-order valence-corrected chi connectivity index (χ1v) is 13.0. The Morgan fingerprint density at radius 3 is 2.36 bits per heavy atom. The lowest BCUT2D eigenvalue weighted by Gasteiger charge is -2.32. The summed E-state index contributed by atoms with van der Waals surface area (Å²) in [6.45, 7) is 1.52. The third-order valence-electron chi connectivity index (χ3n) is 6.11. The van der Waals surface area contributed by atoms with Crippen LogP contribution in [0.1, 0.15) is 45.4 Å². The molecule has 4 N–H and O–H groups in total. The van der Waals surface area contributed by atoms with Crippen LogP contribution in [0.5, 0.6) is 0 Å². The Morgan fingerprint density at radius 1 is 1.12 bits per heavy atom. The fraction of sp³-hybridized carbons (Fsp3) is 0.652. The third kappa shape index (κ3) is 8.37. The molecule has 0 radical (unpaired) electrons. The first-order valence-electron chi connectivity index (χ1n) is 11.6. The van der Waals surface area contributed by atoms with Crippen molar-refractivity contribution in [3.63, 3.8) is 0 Å². The molecule has 33 heavy (non-hydrogen) atoms. The van der Waals surface area contributed by atoms with Crippen LogP contribution in [-0.2, 0) is 19.6 Å². The van der Waals surface area contributed by atoms with Gasteiger partial charge in [0.2, 0.25) is 21.8 Å². The van der Waals surface area contributed by atoms with E-state index in [2.05, 4.69) is 16.0 Å². The molecule has 1 saturated carbocycles. The number of nitrogens with zero attached hydrogens (tertiary/aromatic N) is 1. The Kier molecular flexibility index (Phi) is 10.7. The molecule has 3 unspecified atom stereocenters. The Labute approximate surface area is 197 Å². The van der Waals surface area contributed by atoms with Gasteiger partial charge < -0.3 is 21.1 Å². The Bertz CT molecular complexity index is 859. The lowest BCUT2D eigenvalue weighted by molar-refractivity contribution is -0.129. The highest BCUT2D eigenvalue weighted by Gasteiger charge is 2.31. The number of hydrogen-bond acceptors (Lipinski definition) is 6. The molecule has 0 aliphatic heterocycles. The first kappa shape index (κ1) is 27.2. The van der Waals surface area contributed by atoms with Gasteiger partial charge in [0.05, 0.1) is 23.6 Å². The summed E-state index contributed by atoms with van der Waals surface area (Å²) >= 11 is 0. The van der Waals surface area contributed by atoms with Gasteiger partial charge >= 0.3 is 0 Å². The Hall–Kier alpha value is -2.01. The van der Waals surface area contributed by atoms with Crippen LogP contribution in [-0.4, -0.2) is 75.0 Å². The summed E-state index contributed by atoms with van der Waals surface area (Å²) in [5, 5.41) is 19.2. The van der Waals surface area contributed by atoms with E-state index in [4.69, 9.17) is 0 Å². The molecule has 1 aliphatic rings. The van der Waals surface area contributed by atoms with Crippen LogP contribution in [0.15, 0.2) is 35.2 Å². The van der Waals surface area contributed by atoms with Gasteiger partial charge in [-0.1, -0.05) is 50.3 Å². The number of hydrogen-bond donors (Lipinski definition) is 4. The zero-order valence-corrected chi connectivity index (χ0v) is 20.6. The number of aliphatic hydroxyl groups is 1. The van der Waals surface area contributed by atoms with Crippen LogP contribution >= 0.6 is 0 Å². The van der Waals surface area contributed by atoms with E-state index < -0.39 is 34.1 Å². The predicted octanol–water partition coefficient (Wildman–Crippen LogP) is 0.847. The second-order valence-electron chi connectivity index (χ2n) is 8.84. The van der Waals surface area contributed by atoms with Crippen molar-refractivity contribution < 1.29 is 23.1 Å². The van der Waals surface area contributed by atoms with Crippen molar-refractivity contribution in [2.24, 2.45) is 5.92 Å². The molecule has 10 heteroatoms. The van der Waals surface area contributed by atoms with Gasteiger partial charge in [-0.05, 0) is 38.4 Å². The highest BCUT2D eigenvalue weighted by atomic mass is 32.2. The molecule has 1 aromatic rings. The Morgan fingerprint density at radius 2 is 1.76 bits per heavy atom. The number of amides is 2. The van der Waals surface area contributed by atoms with Crippen LogP contribution in [0.4, 0.5) is 0 Å². The largest absolute Gasteiger partial charge is 0.390 e. The smallest absolute Gasteiger partial charge is 0.242 e. The molecule has 1 aliphatic carbocycles. The van der Waals surface area contributed by atoms with Crippen molar-refractivity contribution in [1.82, 2.24) is 20.3 Å². The van der Waals surface area contributed by atoms with E-state index in [0.29, 0.717) is 12.3 Å². The van der Waals surface area contributed by atoms with Gasteiger partial charge in [0.25, 0.3) is 0 Å². The molecule has 0 heterocycles. The molecule has 1 fully saturated rings. The highest BCUT2D eigenvalue weighted by molar-refractivity contribution is 7.89. The van der Waals surface area contributed by atoms with Crippen LogP contribution < -0.4 is 16.0 Å². The summed E-state index contributed by atoms with van der Waals surface area (Å²) < 4.78 is 26.9. The summed E-state index contributed by atoms with van der Waals surface area (Å²) in [6, 6.07) is 6.64. The monoisotopic (exact) mass is 482 g/mol. The summed E-state index contributed by atoms with van der Waals surface area (Å²) in [4.78, 5) is 24.7. The van der Waals surface area contributed by atoms with Crippen LogP contribution in [0.2, 0.25) is 0 Å². The fourth-order valence-electron chi connectivity index (χ4n) is 4.18. The zero-order valence-electron chi connectivity index (χ0n) is 19.8. The van der Waals surface area contributed by atoms with Crippen molar-refractivity contribution in [2.75, 3.05) is 27.2 Å². The molecule has 1 aromatic carbocycles. The zero-order chi connectivity index (χ0) is 24.4. The lowest BCUT2D eigenvalue weighted by atomic mass is 9.83. The normalized spacial score (nSPS) is 17.8. The topological polar surface area (TPSA) is 128 Å². The number of carbonyl (C=O) groups is 2. The number of sulfonamides is 1. The molecule has 0 spiro atoms. The maximum Gasteiger partial charge on any atom is 0.242 e. The van der Waals surface area contributed by atoms with Gasteiger partial charge in [-0.2, -0.15) is 4.31 Å². The lowest BCUT2D eigenvalue weighted by Crippen LogP contribution is -2.54. The number of benzene rings is 1. The number of rotatable bonds is 12. The second-order valence-corrected chi connectivity index (χ2v) is 10.9. The standard InChI is InChI=1S/C23H38N4O5S/c1-17(25-22(29)15-24-2)23(30)26-20(14-18-10-6-4-7-11-18)21(28)16-27(3)33(31,32)19-12-8-5-9-13-19/h5,8-9,12-13,17-18,20-21,24,28H,4,6-7,10-11,14-16H2,1-3H3,(H,25,29)(H,26,30). The summed E-state index contributed by atoms with van der Waals surface area (Å²) in [5.74, 6) is -0.366. The van der Waals surface area contributed by atoms with Gasteiger partial charge in [0.15, 0.2) is 0 Å². The van der Waals surface area contributed by atoms with Crippen LogP contribution in [0, 0.1) is 5.92 Å². The van der Waals surface area contributed by atoms with Crippen molar-refractivity contribution in [3.05, 3.63) is 30.3 Å². The minimum atomic E-state index is -3.77. The number of nitrogens with one attached hydrogen (secondary N) is 3. The van der Waals surface area contributed by atoms with E-state index in [1.165, 1.54) is 25.6 Å². The minimum Gasteiger partial charge on any atom is -0.390 e. The van der Waals surface area contributed by atoms with E-state index >= 15 is 0 Å². The van der Waals surface area contributed by atoms with E-state index in [1.807, 2.05) is 0 Å². The van der Waals surface area contributed by atoms with Gasteiger partial charge in [0.1, 0.15) is 6.04 Å². The maximum absolute atomic E-state index is 12.9. The molecule has 3 atom stereocenters. The summed E-state index contributed by atoms with van der Waals surface area (Å²) in [5.41, 5.74) is 0. The van der Waals surface area contributed by atoms with Crippen molar-refractivity contribution >= 4 is 21.8 Å². The van der Waals surface area contributed by atoms with Gasteiger partial charge in [-0.15, -0.1) is 0 Å². The molecule has 2 amide bonds. The molecule has 186 valence electrons. The quantitative estimate of drug-likeness (QED) is 0.350. The molecule has 9 nitrogen and oxygen atoms in total. The SMILES string of the molecule is CNCC(=O)NC(C)C(=O)NC(CC1CCCCC1)C(O)CN(C)S(=O)(=O)c1ccccc1. The summed E-state index contributed by atoms with van der Waals surface area (Å²) in [6.07, 6.45) is 4.91. The molecule has 2 rings (SSSR count). The van der Waals surface area contributed by atoms with Crippen molar-refractivity contribution in [2.45, 2.75) is 68.5 Å². The summed E-state index contributed by atoms with van der Waals surface area (Å²) in [7, 11) is -0.709. The highest BCUT2D eigenvalue weighted by Crippen LogP contribution is 2.28. The van der Waals surface area contributed by atoms with Gasteiger partial charge in [-0.3, -0.25) is 9.59 Å². The molecule has 0 saturated heterocycles. The van der Waals surface area contributed by atoms with Crippen LogP contribution in [0.3, 0.4) is 0 Å². The third-order valence-corrected chi connectivity index (χ3v) is 7.95. The maximum atomic E-state index is 12.9. The van der Waals surface area contributed by atoms with Gasteiger partial charge in [0, 0.05) is 13.6 Å². The Balaban J connectivity index is 2.09. The predicted molar refractivity (Wildman–Crippen MR) is 127 cm³/mol. The number of likely N-dealkylation sites (N-methyl/N-ethyl adjacent to an activating group) is 2. The second kappa shape index (κ2) is 13.0. The molecular weight excluding hydrogens is 444 g/mol. The molecule has 0 bridgehead atoms. The number of carbonyl (C=O) groups excluding carboxylic acids is 2. The van der Waals surface area contributed by atoms with Crippen molar-refractivity contribution in [1.29, 1.82) is 0 Å². The van der Waals surface area contributed by atoms with E-state index in [1.54, 1.807) is 32.2 Å². The molecular formula is C23H38N4O5S. The van der Waals surface area contributed by atoms with E-state index in [0.717, 1.165) is 30.0 Å². The van der Waals surface area contributed by atoms with Gasteiger partial charge in [-0.25, -0.2) is 8.42 Å². The number of aliphatic hydroxyl groups excluding tert-OH is 1. The van der Waals surface area contributed by atoms with Crippen molar-refractivity contribution in [3.8, 4) is 0 Å². The minimum absolute atomic E-state index is 0.0912. The first-order chi connectivity index (χ1) is 15.6. The fourth-order valence-corrected chi connectivity index (χ4v) is 5.39. The van der Waals surface area contributed by atoms with E-state index in [9.17, 15) is 23.1 Å². The average Bonchev–Trinajstić information content (AvgIpc) is 2.79. The van der Waals surface area contributed by atoms with E-state index in [-0.39, 0.29) is 23.9 Å². The average molecular weight is 483 g/mol. The molecule has 0 aromatic heterocycles.